The molecule has 0 amide bonds. The Balaban J connectivity index is 1.99. The fourth-order valence-corrected chi connectivity index (χ4v) is 4.72. The van der Waals surface area contributed by atoms with Crippen molar-refractivity contribution in [2.24, 2.45) is 11.8 Å². The van der Waals surface area contributed by atoms with E-state index in [4.69, 9.17) is 18.9 Å². The van der Waals surface area contributed by atoms with Crippen molar-refractivity contribution < 1.29 is 33.3 Å². The zero-order valence-corrected chi connectivity index (χ0v) is 21.4. The second-order valence-corrected chi connectivity index (χ2v) is 9.77. The standard InChI is InChI=1S/C28H36O7/c1-7-22-17(2)13-14-23(32-16-21-11-9-8-10-12-21)18(3)15-28(6)26(30)25(33-20(5)29)24(35-28)19(4)27(31)34-22/h8-12,14,18-19,22-25H,7,15-16H2,1-6H3. The summed E-state index contributed by atoms with van der Waals surface area (Å²) >= 11 is 0. The normalized spacial score (nSPS) is 33.7. The molecule has 2 aliphatic rings. The number of ketones is 1. The van der Waals surface area contributed by atoms with Crippen molar-refractivity contribution in [3.05, 3.63) is 53.3 Å². The van der Waals surface area contributed by atoms with Crippen molar-refractivity contribution in [3.8, 4) is 0 Å². The molecule has 1 aromatic rings. The lowest BCUT2D eigenvalue weighted by Gasteiger charge is -2.30. The molecule has 0 radical (unpaired) electrons. The molecule has 0 aliphatic carbocycles. The summed E-state index contributed by atoms with van der Waals surface area (Å²) in [6.07, 6.45) is -0.258. The Kier molecular flexibility index (Phi) is 8.70. The van der Waals surface area contributed by atoms with Crippen LogP contribution in [0, 0.1) is 11.8 Å². The molecule has 7 atom stereocenters. The first-order valence-electron chi connectivity index (χ1n) is 12.2. The molecule has 0 N–H and O–H groups in total. The van der Waals surface area contributed by atoms with Gasteiger partial charge in [0, 0.05) is 12.5 Å². The zero-order chi connectivity index (χ0) is 25.8. The van der Waals surface area contributed by atoms with E-state index in [0.29, 0.717) is 19.4 Å². The van der Waals surface area contributed by atoms with Crippen LogP contribution in [0.1, 0.15) is 59.9 Å². The van der Waals surface area contributed by atoms with Crippen LogP contribution >= 0.6 is 0 Å². The largest absolute Gasteiger partial charge is 0.457 e. The van der Waals surface area contributed by atoms with Crippen molar-refractivity contribution in [2.45, 2.75) is 91.0 Å². The van der Waals surface area contributed by atoms with Crippen molar-refractivity contribution in [3.63, 3.8) is 0 Å². The highest BCUT2D eigenvalue weighted by atomic mass is 16.6. The van der Waals surface area contributed by atoms with Gasteiger partial charge in [0.25, 0.3) is 0 Å². The lowest BCUT2D eigenvalue weighted by atomic mass is 9.85. The third-order valence-corrected chi connectivity index (χ3v) is 6.78. The first-order chi connectivity index (χ1) is 16.6. The van der Waals surface area contributed by atoms with E-state index in [0.717, 1.165) is 11.1 Å². The van der Waals surface area contributed by atoms with E-state index in [1.165, 1.54) is 6.92 Å². The van der Waals surface area contributed by atoms with Gasteiger partial charge in [-0.3, -0.25) is 14.4 Å². The number of benzene rings is 1. The van der Waals surface area contributed by atoms with Crippen LogP contribution in [0.25, 0.3) is 0 Å². The molecule has 3 rings (SSSR count). The number of hydrogen-bond donors (Lipinski definition) is 0. The molecule has 7 heteroatoms. The first kappa shape index (κ1) is 26.9. The highest BCUT2D eigenvalue weighted by Crippen LogP contribution is 2.39. The van der Waals surface area contributed by atoms with Crippen LogP contribution in [0.3, 0.4) is 0 Å². The average Bonchev–Trinajstić information content (AvgIpc) is 3.06. The Morgan fingerprint density at radius 3 is 2.51 bits per heavy atom. The number of carbonyl (C=O) groups is 3. The number of carbonyl (C=O) groups excluding carboxylic acids is 3. The molecular formula is C28H36O7. The van der Waals surface area contributed by atoms with E-state index in [-0.39, 0.29) is 17.8 Å². The van der Waals surface area contributed by atoms with Gasteiger partial charge in [0.1, 0.15) is 17.8 Å². The Hall–Kier alpha value is -2.73. The van der Waals surface area contributed by atoms with Crippen molar-refractivity contribution in [1.29, 1.82) is 0 Å². The lowest BCUT2D eigenvalue weighted by molar-refractivity contribution is -0.167. The molecule has 0 spiro atoms. The van der Waals surface area contributed by atoms with Gasteiger partial charge in [-0.15, -0.1) is 5.73 Å². The Morgan fingerprint density at radius 2 is 1.89 bits per heavy atom. The summed E-state index contributed by atoms with van der Waals surface area (Å²) in [4.78, 5) is 38.2. The highest BCUT2D eigenvalue weighted by Gasteiger charge is 2.57. The van der Waals surface area contributed by atoms with E-state index < -0.39 is 41.8 Å². The van der Waals surface area contributed by atoms with Crippen LogP contribution in [0.2, 0.25) is 0 Å². The minimum atomic E-state index is -1.25. The zero-order valence-electron chi connectivity index (χ0n) is 21.4. The van der Waals surface area contributed by atoms with Crippen LogP contribution in [0.5, 0.6) is 0 Å². The fraction of sp³-hybridized carbons (Fsp3) is 0.571. The monoisotopic (exact) mass is 484 g/mol. The maximum absolute atomic E-state index is 13.4. The highest BCUT2D eigenvalue weighted by molar-refractivity contribution is 5.95. The van der Waals surface area contributed by atoms with Crippen LogP contribution < -0.4 is 0 Å². The van der Waals surface area contributed by atoms with Gasteiger partial charge < -0.3 is 18.9 Å². The first-order valence-corrected chi connectivity index (χ1v) is 12.2. The maximum atomic E-state index is 13.4. The van der Waals surface area contributed by atoms with E-state index >= 15 is 0 Å². The van der Waals surface area contributed by atoms with Crippen molar-refractivity contribution in [1.82, 2.24) is 0 Å². The molecular weight excluding hydrogens is 448 g/mol. The lowest BCUT2D eigenvalue weighted by Crippen LogP contribution is -2.41. The maximum Gasteiger partial charge on any atom is 0.312 e. The number of fused-ring (bicyclic) bond motifs is 2. The molecule has 1 fully saturated rings. The minimum Gasteiger partial charge on any atom is -0.457 e. The minimum absolute atomic E-state index is 0.141. The number of hydrogen-bond acceptors (Lipinski definition) is 7. The van der Waals surface area contributed by atoms with E-state index in [2.05, 4.69) is 5.73 Å². The van der Waals surface area contributed by atoms with E-state index in [1.807, 2.05) is 57.2 Å². The van der Waals surface area contributed by atoms with Gasteiger partial charge >= 0.3 is 11.9 Å². The average molecular weight is 485 g/mol. The number of esters is 2. The SMILES string of the molecule is CCC1OC(=O)C(C)C2OC(C)(CC(C)C(OCc3ccccc3)C=C=C1C)C(=O)C2OC(C)=O. The predicted molar refractivity (Wildman–Crippen MR) is 129 cm³/mol. The topological polar surface area (TPSA) is 88.1 Å². The van der Waals surface area contributed by atoms with Gasteiger partial charge in [0.05, 0.1) is 18.6 Å². The Morgan fingerprint density at radius 1 is 1.20 bits per heavy atom. The summed E-state index contributed by atoms with van der Waals surface area (Å²) in [5.41, 5.74) is 3.82. The Labute approximate surface area is 207 Å². The summed E-state index contributed by atoms with van der Waals surface area (Å²) in [5.74, 6) is -2.42. The summed E-state index contributed by atoms with van der Waals surface area (Å²) < 4.78 is 23.6. The molecule has 0 saturated carbocycles. The summed E-state index contributed by atoms with van der Waals surface area (Å²) in [6.45, 7) is 10.7. The third kappa shape index (κ3) is 6.29. The van der Waals surface area contributed by atoms with Gasteiger partial charge in [0.2, 0.25) is 5.78 Å². The van der Waals surface area contributed by atoms with Gasteiger partial charge in [-0.05, 0) is 51.2 Å². The van der Waals surface area contributed by atoms with Crippen LogP contribution in [0.4, 0.5) is 0 Å². The van der Waals surface area contributed by atoms with E-state index in [9.17, 15) is 14.4 Å². The van der Waals surface area contributed by atoms with Gasteiger partial charge in [0.15, 0.2) is 6.10 Å². The number of ether oxygens (including phenoxy) is 4. The summed E-state index contributed by atoms with van der Waals surface area (Å²) in [7, 11) is 0. The molecule has 190 valence electrons. The van der Waals surface area contributed by atoms with Crippen LogP contribution in [-0.2, 0) is 39.9 Å². The molecule has 2 aliphatic heterocycles. The number of cyclic esters (lactones) is 1. The molecule has 1 aromatic carbocycles. The quantitative estimate of drug-likeness (QED) is 0.454. The number of Topliss-reactive ketones (excluding diaryl/α,β-unsaturated/α-hetero) is 1. The molecule has 35 heavy (non-hydrogen) atoms. The summed E-state index contributed by atoms with van der Waals surface area (Å²) in [5, 5.41) is 0. The van der Waals surface area contributed by atoms with Gasteiger partial charge in [-0.25, -0.2) is 0 Å². The smallest absolute Gasteiger partial charge is 0.312 e. The molecule has 0 aromatic heterocycles. The fourth-order valence-electron chi connectivity index (χ4n) is 4.72. The van der Waals surface area contributed by atoms with E-state index in [1.54, 1.807) is 13.8 Å². The van der Waals surface area contributed by atoms with Crippen LogP contribution in [-0.4, -0.2) is 47.7 Å². The predicted octanol–water partition coefficient (Wildman–Crippen LogP) is 4.33. The van der Waals surface area contributed by atoms with Crippen molar-refractivity contribution >= 4 is 17.7 Å². The van der Waals surface area contributed by atoms with Crippen LogP contribution in [0.15, 0.2) is 47.7 Å². The van der Waals surface area contributed by atoms with Gasteiger partial charge in [-0.1, -0.05) is 44.2 Å². The summed E-state index contributed by atoms with van der Waals surface area (Å²) in [6, 6.07) is 9.83. The number of rotatable bonds is 5. The van der Waals surface area contributed by atoms with Gasteiger partial charge in [-0.2, -0.15) is 0 Å². The third-order valence-electron chi connectivity index (χ3n) is 6.78. The molecule has 2 bridgehead atoms. The molecule has 7 unspecified atom stereocenters. The molecule has 7 nitrogen and oxygen atoms in total. The molecule has 1 saturated heterocycles. The second kappa shape index (κ2) is 11.3. The second-order valence-electron chi connectivity index (χ2n) is 9.77. The van der Waals surface area contributed by atoms with Crippen molar-refractivity contribution in [2.75, 3.05) is 0 Å². The Bertz CT molecular complexity index is 994. The molecule has 2 heterocycles.